The molecule has 1 saturated heterocycles. The Kier molecular flexibility index (Phi) is 24.4. The number of aliphatic hydroxyl groups is 1. The van der Waals surface area contributed by atoms with E-state index in [-0.39, 0.29) is 60.0 Å². The van der Waals surface area contributed by atoms with Gasteiger partial charge in [-0.1, -0.05) is 79.0 Å². The molecule has 0 aliphatic carbocycles. The fraction of sp³-hybridized carbons (Fsp3) is 0.419. The van der Waals surface area contributed by atoms with E-state index in [2.05, 4.69) is 19.2 Å². The van der Waals surface area contributed by atoms with E-state index in [0.29, 0.717) is 23.8 Å². The van der Waals surface area contributed by atoms with Crippen LogP contribution in [0.25, 0.3) is 0 Å². The fourth-order valence-corrected chi connectivity index (χ4v) is 4.79. The number of hydrogen-bond acceptors (Lipinski definition) is 5. The molecule has 4 radical (unpaired) electrons. The van der Waals surface area contributed by atoms with E-state index in [1.165, 1.54) is 4.90 Å². The quantitative estimate of drug-likeness (QED) is 0.0880. The molecular formula is C31H47BN4O2SY-. The summed E-state index contributed by atoms with van der Waals surface area (Å²) in [6, 6.07) is 2.29. The first kappa shape index (κ1) is 45.0. The first-order chi connectivity index (χ1) is 17.6. The second kappa shape index (κ2) is 21.7. The minimum Gasteiger partial charge on any atom is -0.369 e. The monoisotopic (exact) mass is 639 g/mol. The van der Waals surface area contributed by atoms with Crippen molar-refractivity contribution in [2.45, 2.75) is 61.6 Å². The van der Waals surface area contributed by atoms with Crippen LogP contribution in [0.2, 0.25) is 0 Å². The van der Waals surface area contributed by atoms with Crippen molar-refractivity contribution in [3.63, 3.8) is 0 Å². The van der Waals surface area contributed by atoms with Crippen LogP contribution in [0.5, 0.6) is 0 Å². The Balaban J connectivity index is -0.000000884. The van der Waals surface area contributed by atoms with E-state index in [9.17, 15) is 15.2 Å². The molecule has 1 fully saturated rings. The van der Waals surface area contributed by atoms with Gasteiger partial charge >= 0.3 is 0 Å². The normalized spacial score (nSPS) is 20.0. The summed E-state index contributed by atoms with van der Waals surface area (Å²) in [5, 5.41) is 21.0. The average Bonchev–Trinajstić information content (AvgIpc) is 3.09. The Morgan fingerprint density at radius 3 is 2.12 bits per heavy atom. The van der Waals surface area contributed by atoms with Crippen LogP contribution in [0.3, 0.4) is 0 Å². The summed E-state index contributed by atoms with van der Waals surface area (Å²) in [6.45, 7) is 24.4. The zero-order valence-electron chi connectivity index (χ0n) is 26.2. The van der Waals surface area contributed by atoms with Crippen molar-refractivity contribution in [1.29, 1.82) is 5.26 Å². The van der Waals surface area contributed by atoms with Crippen molar-refractivity contribution in [3.8, 4) is 6.07 Å². The summed E-state index contributed by atoms with van der Waals surface area (Å²) in [5.41, 5.74) is 2.97. The zero-order valence-corrected chi connectivity index (χ0v) is 29.8. The number of carbonyl (C=O) groups excluding carboxylic acids is 1. The Labute approximate surface area is 277 Å². The Bertz CT molecular complexity index is 1070. The van der Waals surface area contributed by atoms with Crippen LogP contribution in [-0.4, -0.2) is 65.6 Å². The molecule has 0 aromatic carbocycles. The molecule has 2 aliphatic heterocycles. The standard InChI is InChI=1S/C26H32N4O2S.2C2H6.CH3.B.Y/c1-8-12-16-21-20(9-2)26(5,6)22(28(21)7)18(17-27)14-13-15-19-23(31)29(10-3)25(33)30(11-4)24(19)32;2*1-2;;;/h8-9,12-16,23,31H,1-2,10-11H2,3-7H3;2*1-2H3;1H3;;/q;;;-1;;/b14-13+,16-12-,19-15-,22-18-;;;;;. The maximum atomic E-state index is 12.9. The smallest absolute Gasteiger partial charge is 0.260 e. The van der Waals surface area contributed by atoms with Crippen molar-refractivity contribution in [2.24, 2.45) is 5.41 Å². The van der Waals surface area contributed by atoms with E-state index in [1.54, 1.807) is 29.2 Å². The van der Waals surface area contributed by atoms with E-state index in [0.717, 1.165) is 17.0 Å². The van der Waals surface area contributed by atoms with Gasteiger partial charge < -0.3 is 22.3 Å². The van der Waals surface area contributed by atoms with Gasteiger partial charge in [0.2, 0.25) is 0 Å². The predicted octanol–water partition coefficient (Wildman–Crippen LogP) is 6.31. The summed E-state index contributed by atoms with van der Waals surface area (Å²) < 4.78 is 0. The molecule has 1 N–H and O–H groups in total. The molecule has 9 heteroatoms. The van der Waals surface area contributed by atoms with Crippen molar-refractivity contribution in [3.05, 3.63) is 91.2 Å². The summed E-state index contributed by atoms with van der Waals surface area (Å²) in [4.78, 5) is 17.9. The average molecular weight is 640 g/mol. The number of amides is 1. The van der Waals surface area contributed by atoms with Gasteiger partial charge in [0, 0.05) is 78.1 Å². The number of hydrogen-bond donors (Lipinski definition) is 1. The number of allylic oxidation sites excluding steroid dienone is 9. The molecule has 40 heavy (non-hydrogen) atoms. The van der Waals surface area contributed by atoms with Crippen LogP contribution >= 0.6 is 12.2 Å². The predicted molar refractivity (Wildman–Crippen MR) is 171 cm³/mol. The first-order valence-corrected chi connectivity index (χ1v) is 13.3. The van der Waals surface area contributed by atoms with Gasteiger partial charge in [-0.05, 0) is 49.9 Å². The molecule has 2 aliphatic rings. The molecule has 1 amide bonds. The molecule has 216 valence electrons. The molecule has 1 unspecified atom stereocenters. The molecule has 0 spiro atoms. The Morgan fingerprint density at radius 2 is 1.70 bits per heavy atom. The van der Waals surface area contributed by atoms with Gasteiger partial charge in [0.15, 0.2) is 11.3 Å². The minimum atomic E-state index is -1.13. The van der Waals surface area contributed by atoms with Crippen LogP contribution in [-0.2, 0) is 37.5 Å². The van der Waals surface area contributed by atoms with Gasteiger partial charge in [-0.2, -0.15) is 5.26 Å². The zero-order chi connectivity index (χ0) is 28.9. The van der Waals surface area contributed by atoms with E-state index in [1.807, 2.05) is 85.6 Å². The maximum Gasteiger partial charge on any atom is 0.260 e. The number of aliphatic hydroxyl groups excluding tert-OH is 1. The first-order valence-electron chi connectivity index (χ1n) is 12.9. The van der Waals surface area contributed by atoms with Gasteiger partial charge in [-0.15, -0.1) is 0 Å². The van der Waals surface area contributed by atoms with Crippen LogP contribution in [0.4, 0.5) is 0 Å². The van der Waals surface area contributed by atoms with E-state index < -0.39 is 11.6 Å². The number of carbonyl (C=O) groups is 1. The third kappa shape index (κ3) is 9.52. The van der Waals surface area contributed by atoms with Crippen molar-refractivity contribution < 1.29 is 42.6 Å². The number of likely N-dealkylation sites (N-methyl/N-ethyl adjacent to an activating group) is 3. The topological polar surface area (TPSA) is 70.8 Å². The molecule has 1 atom stereocenters. The van der Waals surface area contributed by atoms with Crippen molar-refractivity contribution >= 4 is 31.7 Å². The molecule has 0 aromatic heterocycles. The van der Waals surface area contributed by atoms with Gasteiger partial charge in [0.25, 0.3) is 5.91 Å². The van der Waals surface area contributed by atoms with Crippen molar-refractivity contribution in [1.82, 2.24) is 14.7 Å². The minimum absolute atomic E-state index is 0. The summed E-state index contributed by atoms with van der Waals surface area (Å²) in [7, 11) is 1.91. The van der Waals surface area contributed by atoms with Gasteiger partial charge in [-0.25, -0.2) is 0 Å². The summed E-state index contributed by atoms with van der Waals surface area (Å²) in [6.07, 6.45) is 11.0. The molecule has 0 bridgehead atoms. The molecule has 6 nitrogen and oxygen atoms in total. The SMILES string of the molecule is C=C/C=C\C1=C(C=C)C(C)(C)\C(=C(C#N)/C=C/C=C2\C(=O)N(CC)C(=S)N(CC)C2O)N1C.CC.CC.[B].[CH3-].[Y]. The Morgan fingerprint density at radius 1 is 1.15 bits per heavy atom. The fourth-order valence-electron chi connectivity index (χ4n) is 4.35. The summed E-state index contributed by atoms with van der Waals surface area (Å²) in [5.74, 6) is -0.332. The van der Waals surface area contributed by atoms with Gasteiger partial charge in [0.1, 0.15) is 6.07 Å². The number of nitriles is 1. The van der Waals surface area contributed by atoms with Gasteiger partial charge in [-0.3, -0.25) is 9.69 Å². The van der Waals surface area contributed by atoms with Crippen molar-refractivity contribution in [2.75, 3.05) is 20.1 Å². The maximum absolute atomic E-state index is 12.9. The van der Waals surface area contributed by atoms with Crippen LogP contribution in [0.1, 0.15) is 55.4 Å². The second-order valence-electron chi connectivity index (χ2n) is 8.13. The molecule has 0 aromatic rings. The number of thiocarbonyl (C=S) groups is 1. The molecular weight excluding hydrogens is 592 g/mol. The number of rotatable bonds is 7. The van der Waals surface area contributed by atoms with E-state index >= 15 is 0 Å². The van der Waals surface area contributed by atoms with Crippen LogP contribution in [0, 0.1) is 24.2 Å². The second-order valence-corrected chi connectivity index (χ2v) is 8.49. The molecule has 2 rings (SSSR count). The van der Waals surface area contributed by atoms with E-state index in [4.69, 9.17) is 12.2 Å². The van der Waals surface area contributed by atoms with Crippen LogP contribution < -0.4 is 0 Å². The van der Waals surface area contributed by atoms with Gasteiger partial charge in [0.05, 0.1) is 11.1 Å². The Hall–Kier alpha value is -2.04. The largest absolute Gasteiger partial charge is 0.369 e. The van der Waals surface area contributed by atoms with Crippen LogP contribution in [0.15, 0.2) is 83.8 Å². The molecule has 2 heterocycles. The molecule has 0 saturated carbocycles. The third-order valence-electron chi connectivity index (χ3n) is 5.95. The third-order valence-corrected chi connectivity index (χ3v) is 6.40. The number of nitrogens with zero attached hydrogens (tertiary/aromatic N) is 4. The summed E-state index contributed by atoms with van der Waals surface area (Å²) >= 11 is 5.35.